The Morgan fingerprint density at radius 3 is 2.36 bits per heavy atom. The van der Waals surface area contributed by atoms with Crippen LogP contribution >= 0.6 is 24.0 Å². The van der Waals surface area contributed by atoms with Gasteiger partial charge in [0.25, 0.3) is 0 Å². The quantitative estimate of drug-likeness (QED) is 0.686. The van der Waals surface area contributed by atoms with Gasteiger partial charge in [0.15, 0.2) is 0 Å². The summed E-state index contributed by atoms with van der Waals surface area (Å²) in [6.07, 6.45) is 0.133. The maximum Gasteiger partial charge on any atom is 0.305 e. The molecule has 25 heavy (non-hydrogen) atoms. The molecule has 0 spiro atoms. The number of benzene rings is 2. The van der Waals surface area contributed by atoms with E-state index >= 15 is 0 Å². The molecule has 0 radical (unpaired) electrons. The highest BCUT2D eigenvalue weighted by molar-refractivity contribution is 6.31. The molecule has 1 unspecified atom stereocenters. The molecular weight excluding hydrogens is 363 g/mol. The van der Waals surface area contributed by atoms with Gasteiger partial charge < -0.3 is 16.2 Å². The third kappa shape index (κ3) is 6.38. The lowest BCUT2D eigenvalue weighted by molar-refractivity contribution is -0.137. The summed E-state index contributed by atoms with van der Waals surface area (Å²) in [6, 6.07) is 14.9. The second-order valence-electron chi connectivity index (χ2n) is 5.44. The molecule has 0 fully saturated rings. The van der Waals surface area contributed by atoms with Crippen molar-refractivity contribution in [2.45, 2.75) is 18.9 Å². The first-order chi connectivity index (χ1) is 11.5. The zero-order valence-electron chi connectivity index (χ0n) is 13.4. The minimum Gasteiger partial charge on any atom is -0.481 e. The SMILES string of the molecule is Cl.NCC(=O)NC(CC(=O)O)Cc1ccc(-c2ccccc2)cc1Cl. The number of nitrogens with one attached hydrogen (secondary N) is 1. The molecule has 7 heteroatoms. The molecule has 1 amide bonds. The number of carbonyl (C=O) groups excluding carboxylic acids is 1. The molecule has 2 aromatic carbocycles. The second kappa shape index (κ2) is 10.0. The first kappa shape index (κ1) is 21.0. The highest BCUT2D eigenvalue weighted by Crippen LogP contribution is 2.26. The van der Waals surface area contributed by atoms with E-state index in [2.05, 4.69) is 5.32 Å². The van der Waals surface area contributed by atoms with E-state index in [1.54, 1.807) is 0 Å². The van der Waals surface area contributed by atoms with E-state index in [0.717, 1.165) is 16.7 Å². The van der Waals surface area contributed by atoms with Crippen LogP contribution in [0.2, 0.25) is 5.02 Å². The van der Waals surface area contributed by atoms with Gasteiger partial charge >= 0.3 is 5.97 Å². The molecule has 1 atom stereocenters. The summed E-state index contributed by atoms with van der Waals surface area (Å²) in [5.74, 6) is -1.38. The van der Waals surface area contributed by atoms with E-state index in [1.807, 2.05) is 48.5 Å². The number of halogens is 2. The van der Waals surface area contributed by atoms with Crippen LogP contribution in [0, 0.1) is 0 Å². The minimum atomic E-state index is -0.991. The number of carboxylic acids is 1. The van der Waals surface area contributed by atoms with Gasteiger partial charge in [0.05, 0.1) is 13.0 Å². The van der Waals surface area contributed by atoms with Gasteiger partial charge in [-0.1, -0.05) is 54.1 Å². The van der Waals surface area contributed by atoms with Crippen LogP contribution in [0.25, 0.3) is 11.1 Å². The van der Waals surface area contributed by atoms with E-state index in [4.69, 9.17) is 22.4 Å². The maximum absolute atomic E-state index is 11.5. The maximum atomic E-state index is 11.5. The summed E-state index contributed by atoms with van der Waals surface area (Å²) < 4.78 is 0. The number of carboxylic acid groups (broad SMARTS) is 1. The van der Waals surface area contributed by atoms with Crippen molar-refractivity contribution in [3.8, 4) is 11.1 Å². The molecule has 0 aliphatic carbocycles. The van der Waals surface area contributed by atoms with Gasteiger partial charge in [-0.3, -0.25) is 9.59 Å². The van der Waals surface area contributed by atoms with Crippen LogP contribution in [0.5, 0.6) is 0 Å². The Hall–Kier alpha value is -2.08. The normalized spacial score (nSPS) is 11.3. The van der Waals surface area contributed by atoms with Gasteiger partial charge in [-0.15, -0.1) is 12.4 Å². The Balaban J connectivity index is 0.00000312. The number of aliphatic carboxylic acids is 1. The molecule has 0 saturated carbocycles. The predicted octanol–water partition coefficient (Wildman–Crippen LogP) is 2.89. The zero-order chi connectivity index (χ0) is 17.5. The smallest absolute Gasteiger partial charge is 0.305 e. The summed E-state index contributed by atoms with van der Waals surface area (Å²) in [4.78, 5) is 22.4. The van der Waals surface area contributed by atoms with Crippen molar-refractivity contribution in [2.24, 2.45) is 5.73 Å². The van der Waals surface area contributed by atoms with Gasteiger partial charge in [-0.25, -0.2) is 0 Å². The molecule has 0 aliphatic heterocycles. The Bertz CT molecular complexity index is 724. The van der Waals surface area contributed by atoms with Gasteiger partial charge in [0, 0.05) is 11.1 Å². The highest BCUT2D eigenvalue weighted by atomic mass is 35.5. The Morgan fingerprint density at radius 2 is 1.80 bits per heavy atom. The fraction of sp³-hybridized carbons (Fsp3) is 0.222. The highest BCUT2D eigenvalue weighted by Gasteiger charge is 2.17. The molecule has 2 rings (SSSR count). The van der Waals surface area contributed by atoms with Crippen molar-refractivity contribution < 1.29 is 14.7 Å². The zero-order valence-corrected chi connectivity index (χ0v) is 15.0. The number of nitrogens with two attached hydrogens (primary N) is 1. The lowest BCUT2D eigenvalue weighted by Gasteiger charge is -2.18. The monoisotopic (exact) mass is 382 g/mol. The van der Waals surface area contributed by atoms with E-state index < -0.39 is 17.9 Å². The molecule has 0 heterocycles. The Kier molecular flexibility index (Phi) is 8.41. The molecule has 0 saturated heterocycles. The van der Waals surface area contributed by atoms with Gasteiger partial charge in [0.2, 0.25) is 5.91 Å². The summed E-state index contributed by atoms with van der Waals surface area (Å²) in [7, 11) is 0. The molecule has 0 aliphatic rings. The van der Waals surface area contributed by atoms with Crippen molar-refractivity contribution in [1.82, 2.24) is 5.32 Å². The van der Waals surface area contributed by atoms with Crippen LogP contribution in [0.1, 0.15) is 12.0 Å². The van der Waals surface area contributed by atoms with Crippen LogP contribution < -0.4 is 11.1 Å². The fourth-order valence-corrected chi connectivity index (χ4v) is 2.72. The fourth-order valence-electron chi connectivity index (χ4n) is 2.46. The minimum absolute atomic E-state index is 0. The Morgan fingerprint density at radius 1 is 1.12 bits per heavy atom. The lowest BCUT2D eigenvalue weighted by atomic mass is 9.99. The Labute approximate surface area is 157 Å². The molecule has 0 bridgehead atoms. The second-order valence-corrected chi connectivity index (χ2v) is 5.85. The number of rotatable bonds is 7. The predicted molar refractivity (Wildman–Crippen MR) is 101 cm³/mol. The standard InChI is InChI=1S/C18H19ClN2O3.ClH/c19-16-9-13(12-4-2-1-3-5-12)6-7-14(16)8-15(10-18(23)24)21-17(22)11-20;/h1-7,9,15H,8,10-11,20H2,(H,21,22)(H,23,24);1H. The number of hydrogen-bond acceptors (Lipinski definition) is 3. The third-order valence-electron chi connectivity index (χ3n) is 3.60. The van der Waals surface area contributed by atoms with E-state index in [9.17, 15) is 9.59 Å². The molecule has 2 aromatic rings. The molecule has 5 nitrogen and oxygen atoms in total. The van der Waals surface area contributed by atoms with Gasteiger partial charge in [0.1, 0.15) is 0 Å². The van der Waals surface area contributed by atoms with Crippen molar-refractivity contribution in [1.29, 1.82) is 0 Å². The average molecular weight is 383 g/mol. The number of carbonyl (C=O) groups is 2. The van der Waals surface area contributed by atoms with Crippen LogP contribution in [0.15, 0.2) is 48.5 Å². The summed E-state index contributed by atoms with van der Waals surface area (Å²) >= 11 is 6.35. The lowest BCUT2D eigenvalue weighted by Crippen LogP contribution is -2.41. The molecule has 4 N–H and O–H groups in total. The van der Waals surface area contributed by atoms with E-state index in [1.165, 1.54) is 0 Å². The largest absolute Gasteiger partial charge is 0.481 e. The first-order valence-corrected chi connectivity index (χ1v) is 7.92. The molecule has 0 aromatic heterocycles. The summed E-state index contributed by atoms with van der Waals surface area (Å²) in [5.41, 5.74) is 8.07. The first-order valence-electron chi connectivity index (χ1n) is 7.54. The molecular formula is C18H20Cl2N2O3. The van der Waals surface area contributed by atoms with Gasteiger partial charge in [-0.2, -0.15) is 0 Å². The van der Waals surface area contributed by atoms with Crippen LogP contribution in [-0.4, -0.2) is 29.6 Å². The average Bonchev–Trinajstić information content (AvgIpc) is 2.56. The summed E-state index contributed by atoms with van der Waals surface area (Å²) in [6.45, 7) is -0.184. The van der Waals surface area contributed by atoms with Crippen LogP contribution in [0.3, 0.4) is 0 Å². The van der Waals surface area contributed by atoms with Crippen molar-refractivity contribution in [3.05, 3.63) is 59.1 Å². The van der Waals surface area contributed by atoms with Crippen molar-refractivity contribution in [3.63, 3.8) is 0 Å². The van der Waals surface area contributed by atoms with E-state index in [0.29, 0.717) is 11.4 Å². The number of hydrogen-bond donors (Lipinski definition) is 3. The van der Waals surface area contributed by atoms with Crippen molar-refractivity contribution in [2.75, 3.05) is 6.54 Å². The van der Waals surface area contributed by atoms with Crippen molar-refractivity contribution >= 4 is 35.9 Å². The molecule has 134 valence electrons. The van der Waals surface area contributed by atoms with Crippen LogP contribution in [0.4, 0.5) is 0 Å². The number of amides is 1. The third-order valence-corrected chi connectivity index (χ3v) is 3.95. The topological polar surface area (TPSA) is 92.4 Å². The summed E-state index contributed by atoms with van der Waals surface area (Å²) in [5, 5.41) is 12.1. The van der Waals surface area contributed by atoms with E-state index in [-0.39, 0.29) is 25.4 Å². The van der Waals surface area contributed by atoms with Crippen LogP contribution in [-0.2, 0) is 16.0 Å². The van der Waals surface area contributed by atoms with Gasteiger partial charge in [-0.05, 0) is 29.2 Å².